The average molecular weight is 623 g/mol. The third kappa shape index (κ3) is 6.04. The fourth-order valence-electron chi connectivity index (χ4n) is 5.53. The number of nitrogens with zero attached hydrogens (tertiary/aromatic N) is 2. The third-order valence-corrected chi connectivity index (χ3v) is 7.92. The molecule has 4 heterocycles. The molecule has 1 saturated heterocycles. The van der Waals surface area contributed by atoms with Gasteiger partial charge in [-0.3, -0.25) is 9.59 Å². The number of para-hydroxylation sites is 2. The van der Waals surface area contributed by atoms with E-state index in [0.717, 1.165) is 24.6 Å². The van der Waals surface area contributed by atoms with Gasteiger partial charge in [-0.25, -0.2) is 13.8 Å². The third-order valence-electron chi connectivity index (χ3n) is 7.92. The SMILES string of the molecule is O=C(Nc1ccc(Oc2ccnc3c2Oc2ccccc2N3)c(F)c1)c1cn(CC2CCOCC2)cc(-c2ccc(F)cc2)c1=O. The van der Waals surface area contributed by atoms with Gasteiger partial charge in [0.25, 0.3) is 5.91 Å². The molecular weight excluding hydrogens is 594 g/mol. The van der Waals surface area contributed by atoms with Crippen LogP contribution in [0, 0.1) is 17.6 Å². The standard InChI is InChI=1S/C35H28F2N4O5/c36-23-7-5-22(6-8-23)25-19-41(18-21-12-15-44-16-13-21)20-26(32(25)42)35(43)39-24-9-10-29(27(37)17-24)45-31-11-14-38-34-33(31)46-30-4-2-1-3-28(30)40-34/h1-11,14,17,19-21H,12-13,15-16,18H2,(H,38,40)(H,39,43). The number of nitrogens with one attached hydrogen (secondary N) is 2. The van der Waals surface area contributed by atoms with Gasteiger partial charge in [-0.2, -0.15) is 0 Å². The molecule has 232 valence electrons. The van der Waals surface area contributed by atoms with Gasteiger partial charge in [0.2, 0.25) is 11.2 Å². The normalized spacial score (nSPS) is 14.0. The van der Waals surface area contributed by atoms with Crippen molar-refractivity contribution in [2.75, 3.05) is 23.8 Å². The molecule has 0 bridgehead atoms. The lowest BCUT2D eigenvalue weighted by Gasteiger charge is -2.23. The van der Waals surface area contributed by atoms with E-state index in [9.17, 15) is 14.0 Å². The van der Waals surface area contributed by atoms with Crippen LogP contribution < -0.4 is 25.5 Å². The second kappa shape index (κ2) is 12.4. The van der Waals surface area contributed by atoms with Crippen molar-refractivity contribution >= 4 is 23.1 Å². The lowest BCUT2D eigenvalue weighted by Crippen LogP contribution is -2.26. The topological polar surface area (TPSA) is 104 Å². The van der Waals surface area contributed by atoms with E-state index < -0.39 is 23.0 Å². The van der Waals surface area contributed by atoms with Crippen LogP contribution >= 0.6 is 0 Å². The minimum absolute atomic E-state index is 0.106. The molecule has 2 N–H and O–H groups in total. The van der Waals surface area contributed by atoms with Gasteiger partial charge >= 0.3 is 0 Å². The number of anilines is 3. The molecule has 0 saturated carbocycles. The summed E-state index contributed by atoms with van der Waals surface area (Å²) < 4.78 is 48.1. The number of hydrogen-bond donors (Lipinski definition) is 2. The van der Waals surface area contributed by atoms with E-state index in [0.29, 0.717) is 48.6 Å². The monoisotopic (exact) mass is 622 g/mol. The number of amides is 1. The smallest absolute Gasteiger partial charge is 0.261 e. The number of fused-ring (bicyclic) bond motifs is 2. The molecule has 2 aromatic heterocycles. The summed E-state index contributed by atoms with van der Waals surface area (Å²) in [6.45, 7) is 1.87. The molecular formula is C35H28F2N4O5. The quantitative estimate of drug-likeness (QED) is 0.190. The zero-order valence-electron chi connectivity index (χ0n) is 24.5. The van der Waals surface area contributed by atoms with Crippen LogP contribution in [0.1, 0.15) is 23.2 Å². The minimum Gasteiger partial charge on any atom is -0.450 e. The zero-order valence-corrected chi connectivity index (χ0v) is 24.5. The van der Waals surface area contributed by atoms with Gasteiger partial charge in [-0.05, 0) is 60.7 Å². The zero-order chi connectivity index (χ0) is 31.6. The van der Waals surface area contributed by atoms with E-state index in [1.165, 1.54) is 48.8 Å². The van der Waals surface area contributed by atoms with E-state index in [1.807, 2.05) is 22.8 Å². The van der Waals surface area contributed by atoms with Crippen LogP contribution in [-0.2, 0) is 11.3 Å². The summed E-state index contributed by atoms with van der Waals surface area (Å²) in [5, 5.41) is 5.81. The van der Waals surface area contributed by atoms with Gasteiger partial charge in [-0.1, -0.05) is 24.3 Å². The second-order valence-electron chi connectivity index (χ2n) is 11.1. The summed E-state index contributed by atoms with van der Waals surface area (Å²) in [6, 6.07) is 18.4. The highest BCUT2D eigenvalue weighted by molar-refractivity contribution is 6.04. The molecule has 11 heteroatoms. The highest BCUT2D eigenvalue weighted by Crippen LogP contribution is 2.46. The highest BCUT2D eigenvalue weighted by atomic mass is 19.1. The molecule has 2 aliphatic rings. The molecule has 9 nitrogen and oxygen atoms in total. The second-order valence-corrected chi connectivity index (χ2v) is 11.1. The van der Waals surface area contributed by atoms with Crippen molar-refractivity contribution in [1.29, 1.82) is 0 Å². The van der Waals surface area contributed by atoms with Gasteiger partial charge in [0.05, 0.1) is 5.69 Å². The number of hydrogen-bond acceptors (Lipinski definition) is 7. The summed E-state index contributed by atoms with van der Waals surface area (Å²) in [7, 11) is 0. The first kappa shape index (κ1) is 29.2. The van der Waals surface area contributed by atoms with Gasteiger partial charge in [0, 0.05) is 61.7 Å². The molecule has 5 aromatic rings. The van der Waals surface area contributed by atoms with Crippen LogP contribution in [0.25, 0.3) is 11.1 Å². The molecule has 0 aliphatic carbocycles. The number of rotatable bonds is 7. The van der Waals surface area contributed by atoms with Crippen LogP contribution in [-0.4, -0.2) is 28.7 Å². The summed E-state index contributed by atoms with van der Waals surface area (Å²) in [6.07, 6.45) is 6.41. The van der Waals surface area contributed by atoms with Crippen LogP contribution in [0.15, 0.2) is 96.2 Å². The van der Waals surface area contributed by atoms with Gasteiger partial charge in [0.1, 0.15) is 11.4 Å². The molecule has 0 radical (unpaired) electrons. The fourth-order valence-corrected chi connectivity index (χ4v) is 5.53. The molecule has 0 unspecified atom stereocenters. The maximum absolute atomic E-state index is 15.3. The molecule has 1 amide bonds. The van der Waals surface area contributed by atoms with Crippen molar-refractivity contribution in [1.82, 2.24) is 9.55 Å². The number of carbonyl (C=O) groups excluding carboxylic acids is 1. The van der Waals surface area contributed by atoms with Crippen molar-refractivity contribution in [3.8, 4) is 34.1 Å². The Morgan fingerprint density at radius 3 is 2.61 bits per heavy atom. The molecule has 1 fully saturated rings. The van der Waals surface area contributed by atoms with Gasteiger partial charge in [0.15, 0.2) is 28.9 Å². The van der Waals surface area contributed by atoms with Crippen molar-refractivity contribution in [2.24, 2.45) is 5.92 Å². The minimum atomic E-state index is -0.746. The van der Waals surface area contributed by atoms with Crippen molar-refractivity contribution in [2.45, 2.75) is 19.4 Å². The van der Waals surface area contributed by atoms with E-state index in [4.69, 9.17) is 14.2 Å². The Morgan fingerprint density at radius 2 is 1.80 bits per heavy atom. The lowest BCUT2D eigenvalue weighted by atomic mass is 9.99. The molecule has 2 aliphatic heterocycles. The summed E-state index contributed by atoms with van der Waals surface area (Å²) in [5.74, 6) is -0.154. The number of pyridine rings is 2. The van der Waals surface area contributed by atoms with E-state index >= 15 is 4.39 Å². The van der Waals surface area contributed by atoms with Crippen LogP contribution in [0.4, 0.5) is 26.0 Å². The molecule has 0 atom stereocenters. The first-order valence-corrected chi connectivity index (χ1v) is 14.8. The first-order valence-electron chi connectivity index (χ1n) is 14.8. The number of carbonyl (C=O) groups is 1. The number of ether oxygens (including phenoxy) is 3. The predicted octanol–water partition coefficient (Wildman–Crippen LogP) is 7.51. The van der Waals surface area contributed by atoms with E-state index in [1.54, 1.807) is 18.3 Å². The van der Waals surface area contributed by atoms with Gasteiger partial charge in [-0.15, -0.1) is 0 Å². The van der Waals surface area contributed by atoms with Crippen LogP contribution in [0.3, 0.4) is 0 Å². The average Bonchev–Trinajstić information content (AvgIpc) is 3.07. The highest BCUT2D eigenvalue weighted by Gasteiger charge is 2.23. The van der Waals surface area contributed by atoms with Crippen LogP contribution in [0.5, 0.6) is 23.0 Å². The maximum atomic E-state index is 15.3. The van der Waals surface area contributed by atoms with Crippen molar-refractivity contribution < 1.29 is 27.8 Å². The summed E-state index contributed by atoms with van der Waals surface area (Å²) in [4.78, 5) is 31.3. The van der Waals surface area contributed by atoms with Crippen molar-refractivity contribution in [3.63, 3.8) is 0 Å². The molecule has 7 rings (SSSR count). The Hall–Kier alpha value is -5.55. The number of halogens is 2. The van der Waals surface area contributed by atoms with Gasteiger partial charge < -0.3 is 29.4 Å². The van der Waals surface area contributed by atoms with E-state index in [-0.39, 0.29) is 28.3 Å². The molecule has 0 spiro atoms. The van der Waals surface area contributed by atoms with Crippen LogP contribution in [0.2, 0.25) is 0 Å². The Labute approximate surface area is 262 Å². The summed E-state index contributed by atoms with van der Waals surface area (Å²) >= 11 is 0. The number of aromatic nitrogens is 2. The Morgan fingerprint density at radius 1 is 1.00 bits per heavy atom. The number of benzene rings is 3. The first-order chi connectivity index (χ1) is 22.4. The molecule has 3 aromatic carbocycles. The fraction of sp³-hybridized carbons (Fsp3) is 0.171. The van der Waals surface area contributed by atoms with Crippen molar-refractivity contribution in [3.05, 3.63) is 119 Å². The Bertz CT molecular complexity index is 1990. The lowest BCUT2D eigenvalue weighted by molar-refractivity contribution is 0.0612. The maximum Gasteiger partial charge on any atom is 0.261 e. The summed E-state index contributed by atoms with van der Waals surface area (Å²) in [5.41, 5.74) is 0.962. The predicted molar refractivity (Wildman–Crippen MR) is 168 cm³/mol. The van der Waals surface area contributed by atoms with E-state index in [2.05, 4.69) is 15.6 Å². The Balaban J connectivity index is 1.13. The largest absolute Gasteiger partial charge is 0.450 e. The Kier molecular flexibility index (Phi) is 7.90. The molecule has 46 heavy (non-hydrogen) atoms.